The Morgan fingerprint density at radius 3 is 2.50 bits per heavy atom. The van der Waals surface area contributed by atoms with Crippen molar-refractivity contribution >= 4 is 12.1 Å². The lowest BCUT2D eigenvalue weighted by Gasteiger charge is -1.88. The highest BCUT2D eigenvalue weighted by atomic mass is 16.7. The smallest absolute Gasteiger partial charge is 0.449 e. The summed E-state index contributed by atoms with van der Waals surface area (Å²) in [4.78, 5) is 19.9. The molecule has 1 N–H and O–H groups in total. The topological polar surface area (TPSA) is 63.6 Å². The molecule has 4 heteroatoms. The van der Waals surface area contributed by atoms with Crippen molar-refractivity contribution in [3.05, 3.63) is 24.8 Å². The van der Waals surface area contributed by atoms with E-state index in [1.807, 2.05) is 0 Å². The van der Waals surface area contributed by atoms with Gasteiger partial charge in [0.2, 0.25) is 0 Å². The van der Waals surface area contributed by atoms with Crippen molar-refractivity contribution in [3.8, 4) is 0 Å². The molecule has 0 radical (unpaired) electrons. The Labute approximate surface area is 57.4 Å². The molecule has 0 atom stereocenters. The summed E-state index contributed by atoms with van der Waals surface area (Å²) in [5, 5.41) is 7.88. The van der Waals surface area contributed by atoms with Gasteiger partial charge in [0.25, 0.3) is 0 Å². The zero-order chi connectivity index (χ0) is 7.98. The zero-order valence-electron chi connectivity index (χ0n) is 5.11. The molecule has 54 valence electrons. The van der Waals surface area contributed by atoms with Crippen LogP contribution in [0.5, 0.6) is 0 Å². The molecule has 4 nitrogen and oxygen atoms in total. The van der Waals surface area contributed by atoms with Gasteiger partial charge in [-0.2, -0.15) is 0 Å². The largest absolute Gasteiger partial charge is 0.513 e. The first-order chi connectivity index (χ1) is 4.66. The Morgan fingerprint density at radius 2 is 2.10 bits per heavy atom. The van der Waals surface area contributed by atoms with E-state index in [-0.39, 0.29) is 0 Å². The maximum atomic E-state index is 10.3. The predicted molar refractivity (Wildman–Crippen MR) is 33.5 cm³/mol. The van der Waals surface area contributed by atoms with E-state index < -0.39 is 12.1 Å². The second-order valence-corrected chi connectivity index (χ2v) is 1.28. The summed E-state index contributed by atoms with van der Waals surface area (Å²) in [7, 11) is 0. The zero-order valence-corrected chi connectivity index (χ0v) is 5.11. The minimum Gasteiger partial charge on any atom is -0.449 e. The van der Waals surface area contributed by atoms with Crippen LogP contribution < -0.4 is 0 Å². The van der Waals surface area contributed by atoms with E-state index in [1.165, 1.54) is 12.2 Å². The first kappa shape index (κ1) is 8.42. The molecule has 0 saturated heterocycles. The number of carboxylic acid groups (broad SMARTS) is 1. The van der Waals surface area contributed by atoms with Crippen LogP contribution in [-0.4, -0.2) is 17.2 Å². The lowest BCUT2D eigenvalue weighted by atomic mass is 10.5. The third kappa shape index (κ3) is 4.58. The van der Waals surface area contributed by atoms with Gasteiger partial charge in [0.05, 0.1) is 0 Å². The van der Waals surface area contributed by atoms with Crippen LogP contribution in [0.4, 0.5) is 4.79 Å². The summed E-state index contributed by atoms with van der Waals surface area (Å²) in [6.07, 6.45) is 1.97. The van der Waals surface area contributed by atoms with Crippen LogP contribution in [0.2, 0.25) is 0 Å². The predicted octanol–water partition coefficient (Wildman–Crippen LogP) is 0.950. The van der Waals surface area contributed by atoms with Crippen molar-refractivity contribution in [3.63, 3.8) is 0 Å². The number of carbonyl (C=O) groups excluding carboxylic acids is 1. The van der Waals surface area contributed by atoms with Crippen molar-refractivity contribution in [1.29, 1.82) is 0 Å². The van der Waals surface area contributed by atoms with Crippen molar-refractivity contribution in [2.75, 3.05) is 0 Å². The van der Waals surface area contributed by atoms with Crippen molar-refractivity contribution in [2.45, 2.75) is 0 Å². The summed E-state index contributed by atoms with van der Waals surface area (Å²) in [6.45, 7) is 3.27. The summed E-state index contributed by atoms with van der Waals surface area (Å²) >= 11 is 0. The van der Waals surface area contributed by atoms with Gasteiger partial charge in [0.1, 0.15) is 0 Å². The quantitative estimate of drug-likeness (QED) is 0.270. The summed E-state index contributed by atoms with van der Waals surface area (Å²) < 4.78 is 3.70. The molecule has 0 spiro atoms. The van der Waals surface area contributed by atoms with Crippen LogP contribution in [0.15, 0.2) is 24.8 Å². The molecule has 0 fully saturated rings. The lowest BCUT2D eigenvalue weighted by Crippen LogP contribution is -2.06. The van der Waals surface area contributed by atoms with Gasteiger partial charge in [-0.25, -0.2) is 9.59 Å². The van der Waals surface area contributed by atoms with Gasteiger partial charge in [-0.05, 0) is 0 Å². The molecule has 0 aliphatic rings. The molecule has 10 heavy (non-hydrogen) atoms. The minimum atomic E-state index is -1.61. The highest BCUT2D eigenvalue weighted by molar-refractivity contribution is 5.89. The number of ether oxygens (including phenoxy) is 1. The van der Waals surface area contributed by atoms with Gasteiger partial charge in [-0.15, -0.1) is 0 Å². The van der Waals surface area contributed by atoms with Crippen LogP contribution in [0.1, 0.15) is 0 Å². The highest BCUT2D eigenvalue weighted by Crippen LogP contribution is 1.82. The second-order valence-electron chi connectivity index (χ2n) is 1.28. The molecule has 0 rings (SSSR count). The monoisotopic (exact) mass is 142 g/mol. The van der Waals surface area contributed by atoms with Crippen LogP contribution in [-0.2, 0) is 9.53 Å². The first-order valence-corrected chi connectivity index (χ1v) is 2.40. The molecule has 0 amide bonds. The maximum Gasteiger partial charge on any atom is 0.513 e. The molecular formula is C6H6O4. The summed E-state index contributed by atoms with van der Waals surface area (Å²) in [5.74, 6) is -0.924. The number of esters is 1. The molecule has 0 aliphatic carbocycles. The summed E-state index contributed by atoms with van der Waals surface area (Å²) in [6, 6.07) is 0. The summed E-state index contributed by atoms with van der Waals surface area (Å²) in [5.41, 5.74) is 0. The molecule has 0 aromatic heterocycles. The average molecular weight is 142 g/mol. The van der Waals surface area contributed by atoms with Gasteiger partial charge in [-0.1, -0.05) is 18.7 Å². The Hall–Kier alpha value is -1.58. The molecule has 0 aliphatic heterocycles. The van der Waals surface area contributed by atoms with E-state index in [9.17, 15) is 9.59 Å². The Morgan fingerprint density at radius 1 is 1.50 bits per heavy atom. The van der Waals surface area contributed by atoms with Crippen LogP contribution in [0, 0.1) is 0 Å². The van der Waals surface area contributed by atoms with E-state index in [4.69, 9.17) is 5.11 Å². The highest BCUT2D eigenvalue weighted by Gasteiger charge is 2.01. The second kappa shape index (κ2) is 4.31. The van der Waals surface area contributed by atoms with E-state index in [1.54, 1.807) is 0 Å². The lowest BCUT2D eigenvalue weighted by molar-refractivity contribution is -0.133. The molecule has 0 unspecified atom stereocenters. The van der Waals surface area contributed by atoms with Gasteiger partial charge in [0, 0.05) is 6.08 Å². The third-order valence-corrected chi connectivity index (χ3v) is 0.556. The molecular weight excluding hydrogens is 136 g/mol. The number of hydrogen-bond acceptors (Lipinski definition) is 3. The fraction of sp³-hybridized carbons (Fsp3) is 0. The maximum absolute atomic E-state index is 10.3. The fourth-order valence-electron chi connectivity index (χ4n) is 0.267. The van der Waals surface area contributed by atoms with Crippen molar-refractivity contribution < 1.29 is 19.4 Å². The Bertz CT molecular complexity index is 180. The molecule has 0 bridgehead atoms. The van der Waals surface area contributed by atoms with Gasteiger partial charge in [0.15, 0.2) is 0 Å². The molecule has 0 heterocycles. The Kier molecular flexibility index (Phi) is 3.63. The average Bonchev–Trinajstić information content (AvgIpc) is 1.82. The molecule has 0 saturated carbocycles. The third-order valence-electron chi connectivity index (χ3n) is 0.556. The SMILES string of the molecule is C=CC=CC(=O)OC(=O)O. The van der Waals surface area contributed by atoms with Gasteiger partial charge >= 0.3 is 12.1 Å². The van der Waals surface area contributed by atoms with Gasteiger partial charge < -0.3 is 9.84 Å². The van der Waals surface area contributed by atoms with E-state index in [0.29, 0.717) is 0 Å². The normalized spacial score (nSPS) is 9.20. The first-order valence-electron chi connectivity index (χ1n) is 2.40. The fourth-order valence-corrected chi connectivity index (χ4v) is 0.267. The molecule has 0 aromatic carbocycles. The van der Waals surface area contributed by atoms with Crippen LogP contribution in [0.3, 0.4) is 0 Å². The molecule has 0 aromatic rings. The standard InChI is InChI=1S/C6H6O4/c1-2-3-4-5(7)10-6(8)9/h2-4H,1H2,(H,8,9). The number of hydrogen-bond donors (Lipinski definition) is 1. The van der Waals surface area contributed by atoms with Crippen molar-refractivity contribution in [1.82, 2.24) is 0 Å². The number of rotatable bonds is 2. The van der Waals surface area contributed by atoms with Gasteiger partial charge in [-0.3, -0.25) is 0 Å². The Balaban J connectivity index is 3.75. The number of allylic oxidation sites excluding steroid dienone is 2. The van der Waals surface area contributed by atoms with E-state index in [0.717, 1.165) is 6.08 Å². The van der Waals surface area contributed by atoms with Crippen molar-refractivity contribution in [2.24, 2.45) is 0 Å². The van der Waals surface area contributed by atoms with E-state index >= 15 is 0 Å². The van der Waals surface area contributed by atoms with E-state index in [2.05, 4.69) is 11.3 Å². The minimum absolute atomic E-state index is 0.924. The number of carbonyl (C=O) groups is 2. The van der Waals surface area contributed by atoms with Crippen LogP contribution in [0.25, 0.3) is 0 Å². The van der Waals surface area contributed by atoms with Crippen LogP contribution >= 0.6 is 0 Å².